The molecule has 0 aliphatic carbocycles. The van der Waals surface area contributed by atoms with E-state index in [-0.39, 0.29) is 17.8 Å². The normalized spacial score (nSPS) is 12.2. The second-order valence-corrected chi connectivity index (χ2v) is 7.95. The van der Waals surface area contributed by atoms with E-state index in [1.54, 1.807) is 28.9 Å². The third kappa shape index (κ3) is 4.53. The number of hydrogen-bond donors (Lipinski definition) is 1. The molecule has 2 heterocycles. The maximum atomic E-state index is 12.8. The minimum atomic E-state index is -0.736. The van der Waals surface area contributed by atoms with E-state index in [4.69, 9.17) is 13.9 Å². The van der Waals surface area contributed by atoms with Gasteiger partial charge in [-0.1, -0.05) is 12.1 Å². The summed E-state index contributed by atoms with van der Waals surface area (Å²) in [4.78, 5) is 12.8. The fraction of sp³-hybridized carbons (Fsp3) is 0.280. The summed E-state index contributed by atoms with van der Waals surface area (Å²) in [6.45, 7) is 8.31. The lowest BCUT2D eigenvalue weighted by Gasteiger charge is -2.14. The van der Waals surface area contributed by atoms with Crippen molar-refractivity contribution in [2.24, 2.45) is 0 Å². The molecule has 0 fully saturated rings. The van der Waals surface area contributed by atoms with Gasteiger partial charge >= 0.3 is 0 Å². The average Bonchev–Trinajstić information content (AvgIpc) is 3.01. The van der Waals surface area contributed by atoms with Gasteiger partial charge in [-0.2, -0.15) is 5.10 Å². The molecular formula is C25H26N2O5. The van der Waals surface area contributed by atoms with Crippen LogP contribution in [0.1, 0.15) is 22.5 Å². The van der Waals surface area contributed by atoms with Crippen molar-refractivity contribution in [2.45, 2.75) is 40.3 Å². The van der Waals surface area contributed by atoms with E-state index < -0.39 is 6.10 Å². The minimum absolute atomic E-state index is 0.0850. The lowest BCUT2D eigenvalue weighted by Crippen LogP contribution is -2.24. The van der Waals surface area contributed by atoms with Gasteiger partial charge in [-0.15, -0.1) is 0 Å². The molecule has 0 saturated heterocycles. The van der Waals surface area contributed by atoms with Crippen LogP contribution in [0, 0.1) is 27.7 Å². The van der Waals surface area contributed by atoms with Gasteiger partial charge in [-0.3, -0.25) is 9.48 Å². The maximum Gasteiger partial charge on any atom is 0.235 e. The van der Waals surface area contributed by atoms with Gasteiger partial charge in [0.15, 0.2) is 0 Å². The first-order valence-corrected chi connectivity index (χ1v) is 10.4. The Kier molecular flexibility index (Phi) is 6.01. The number of rotatable bonds is 7. The average molecular weight is 434 g/mol. The first kappa shape index (κ1) is 21.6. The summed E-state index contributed by atoms with van der Waals surface area (Å²) in [5, 5.41) is 15.2. The van der Waals surface area contributed by atoms with Crippen LogP contribution in [0.15, 0.2) is 57.9 Å². The highest BCUT2D eigenvalue weighted by Crippen LogP contribution is 2.24. The van der Waals surface area contributed by atoms with Gasteiger partial charge in [0.1, 0.15) is 36.1 Å². The van der Waals surface area contributed by atoms with Crippen LogP contribution in [0.4, 0.5) is 0 Å². The van der Waals surface area contributed by atoms with E-state index in [2.05, 4.69) is 5.10 Å². The fourth-order valence-corrected chi connectivity index (χ4v) is 3.47. The van der Waals surface area contributed by atoms with Crippen LogP contribution in [0.5, 0.6) is 17.2 Å². The molecule has 0 spiro atoms. The molecule has 0 aliphatic heterocycles. The molecule has 4 rings (SSSR count). The Morgan fingerprint density at radius 2 is 1.91 bits per heavy atom. The van der Waals surface area contributed by atoms with Crippen molar-refractivity contribution in [3.05, 3.63) is 81.5 Å². The van der Waals surface area contributed by atoms with E-state index in [1.165, 1.54) is 6.26 Å². The van der Waals surface area contributed by atoms with Crippen molar-refractivity contribution >= 4 is 11.0 Å². The van der Waals surface area contributed by atoms with Gasteiger partial charge in [0, 0.05) is 11.8 Å². The predicted octanol–water partition coefficient (Wildman–Crippen LogP) is 4.46. The topological polar surface area (TPSA) is 86.7 Å². The molecule has 0 aliphatic rings. The van der Waals surface area contributed by atoms with Crippen molar-refractivity contribution < 1.29 is 19.0 Å². The van der Waals surface area contributed by atoms with Gasteiger partial charge in [0.2, 0.25) is 11.2 Å². The maximum absolute atomic E-state index is 12.8. The number of benzene rings is 2. The summed E-state index contributed by atoms with van der Waals surface area (Å²) in [5.41, 5.74) is 4.24. The first-order chi connectivity index (χ1) is 15.3. The Hall–Kier alpha value is -3.58. The Morgan fingerprint density at radius 1 is 1.09 bits per heavy atom. The molecule has 1 N–H and O–H groups in total. The van der Waals surface area contributed by atoms with Crippen molar-refractivity contribution in [1.82, 2.24) is 9.78 Å². The van der Waals surface area contributed by atoms with Gasteiger partial charge in [0.25, 0.3) is 0 Å². The standard InChI is InChI=1S/C25H26N2O5/c1-15-6-5-7-21(10-15)32-24-14-31-23-11-20(8-9-22(23)25(24)29)30-13-19(28)12-27-18(4)16(2)17(3)26-27/h5-11,14,19,28H,12-13H2,1-4H3/t19-/m1/s1. The number of aliphatic hydroxyl groups excluding tert-OH is 1. The van der Waals surface area contributed by atoms with Crippen LogP contribution in [-0.2, 0) is 6.54 Å². The zero-order chi connectivity index (χ0) is 22.8. The van der Waals surface area contributed by atoms with Crippen LogP contribution in [0.25, 0.3) is 11.0 Å². The number of fused-ring (bicyclic) bond motifs is 1. The van der Waals surface area contributed by atoms with E-state index in [1.807, 2.05) is 45.9 Å². The van der Waals surface area contributed by atoms with Crippen molar-refractivity contribution in [3.8, 4) is 17.2 Å². The molecule has 4 aromatic rings. The lowest BCUT2D eigenvalue weighted by molar-refractivity contribution is 0.0887. The molecule has 166 valence electrons. The molecule has 0 saturated carbocycles. The molecule has 0 bridgehead atoms. The highest BCUT2D eigenvalue weighted by molar-refractivity contribution is 5.79. The second-order valence-electron chi connectivity index (χ2n) is 7.95. The zero-order valence-corrected chi connectivity index (χ0v) is 18.6. The highest BCUT2D eigenvalue weighted by Gasteiger charge is 2.14. The molecule has 0 radical (unpaired) electrons. The SMILES string of the molecule is Cc1cccc(Oc2coc3cc(OC[C@H](O)Cn4nc(C)c(C)c4C)ccc3c2=O)c1. The molecule has 0 unspecified atom stereocenters. The minimum Gasteiger partial charge on any atom is -0.491 e. The van der Waals surface area contributed by atoms with Gasteiger partial charge < -0.3 is 19.0 Å². The van der Waals surface area contributed by atoms with Crippen LogP contribution in [0.3, 0.4) is 0 Å². The smallest absolute Gasteiger partial charge is 0.235 e. The number of nitrogens with zero attached hydrogens (tertiary/aromatic N) is 2. The summed E-state index contributed by atoms with van der Waals surface area (Å²) < 4.78 is 18.8. The number of hydrogen-bond acceptors (Lipinski definition) is 6. The molecule has 2 aromatic carbocycles. The number of aliphatic hydroxyl groups is 1. The van der Waals surface area contributed by atoms with Gasteiger partial charge in [0.05, 0.1) is 17.6 Å². The highest BCUT2D eigenvalue weighted by atomic mass is 16.5. The molecule has 32 heavy (non-hydrogen) atoms. The largest absolute Gasteiger partial charge is 0.491 e. The Labute approximate surface area is 185 Å². The molecule has 7 heteroatoms. The van der Waals surface area contributed by atoms with E-state index in [9.17, 15) is 9.90 Å². The number of ether oxygens (including phenoxy) is 2. The summed E-state index contributed by atoms with van der Waals surface area (Å²) >= 11 is 0. The van der Waals surface area contributed by atoms with Crippen LogP contribution in [-0.4, -0.2) is 27.6 Å². The number of aryl methyl sites for hydroxylation is 2. The van der Waals surface area contributed by atoms with Gasteiger partial charge in [-0.25, -0.2) is 0 Å². The van der Waals surface area contributed by atoms with E-state index >= 15 is 0 Å². The molecule has 0 amide bonds. The Balaban J connectivity index is 1.45. The van der Waals surface area contributed by atoms with Crippen molar-refractivity contribution in [2.75, 3.05) is 6.61 Å². The van der Waals surface area contributed by atoms with Crippen LogP contribution < -0.4 is 14.9 Å². The van der Waals surface area contributed by atoms with Crippen molar-refractivity contribution in [1.29, 1.82) is 0 Å². The summed E-state index contributed by atoms with van der Waals surface area (Å²) in [7, 11) is 0. The quantitative estimate of drug-likeness (QED) is 0.462. The predicted molar refractivity (Wildman–Crippen MR) is 122 cm³/mol. The van der Waals surface area contributed by atoms with Crippen LogP contribution >= 0.6 is 0 Å². The second kappa shape index (κ2) is 8.88. The first-order valence-electron chi connectivity index (χ1n) is 10.4. The van der Waals surface area contributed by atoms with Crippen molar-refractivity contribution in [3.63, 3.8) is 0 Å². The Morgan fingerprint density at radius 3 is 2.62 bits per heavy atom. The zero-order valence-electron chi connectivity index (χ0n) is 18.6. The molecule has 7 nitrogen and oxygen atoms in total. The Bertz CT molecular complexity index is 1320. The summed E-state index contributed by atoms with van der Waals surface area (Å²) in [6.07, 6.45) is 0.566. The third-order valence-corrected chi connectivity index (χ3v) is 5.50. The third-order valence-electron chi connectivity index (χ3n) is 5.50. The van der Waals surface area contributed by atoms with Crippen LogP contribution in [0.2, 0.25) is 0 Å². The van der Waals surface area contributed by atoms with E-state index in [0.29, 0.717) is 29.0 Å². The molecular weight excluding hydrogens is 408 g/mol. The monoisotopic (exact) mass is 434 g/mol. The summed E-state index contributed by atoms with van der Waals surface area (Å²) in [5.74, 6) is 1.19. The summed E-state index contributed by atoms with van der Waals surface area (Å²) in [6, 6.07) is 12.4. The molecule has 2 aromatic heterocycles. The molecule has 1 atom stereocenters. The number of aromatic nitrogens is 2. The van der Waals surface area contributed by atoms with Gasteiger partial charge in [-0.05, 0) is 63.1 Å². The fourth-order valence-electron chi connectivity index (χ4n) is 3.47. The van der Waals surface area contributed by atoms with E-state index in [0.717, 1.165) is 22.5 Å². The lowest BCUT2D eigenvalue weighted by atomic mass is 10.2.